The Bertz CT molecular complexity index is 788. The molecular formula is C20H21Cl2NO4. The third-order valence-corrected chi connectivity index (χ3v) is 4.82. The van der Waals surface area contributed by atoms with Gasteiger partial charge in [0.1, 0.15) is 5.75 Å². The maximum atomic E-state index is 12.8. The van der Waals surface area contributed by atoms with Crippen molar-refractivity contribution in [3.63, 3.8) is 0 Å². The van der Waals surface area contributed by atoms with E-state index in [1.807, 2.05) is 0 Å². The van der Waals surface area contributed by atoms with E-state index in [4.69, 9.17) is 32.7 Å². The van der Waals surface area contributed by atoms with Gasteiger partial charge in [-0.15, -0.1) is 0 Å². The number of hydrogen-bond acceptors (Lipinski definition) is 4. The largest absolute Gasteiger partial charge is 0.497 e. The number of hydrogen-bond donors (Lipinski definition) is 0. The van der Waals surface area contributed by atoms with Crippen molar-refractivity contribution in [1.29, 1.82) is 0 Å². The summed E-state index contributed by atoms with van der Waals surface area (Å²) in [4.78, 5) is 26.7. The highest BCUT2D eigenvalue weighted by atomic mass is 35.5. The molecule has 0 N–H and O–H groups in total. The Balaban J connectivity index is 2.30. The minimum Gasteiger partial charge on any atom is -0.497 e. The van der Waals surface area contributed by atoms with Gasteiger partial charge >= 0.3 is 5.97 Å². The standard InChI is InChI=1S/C20H21Cl2NO4/c1-4-27-20(25)19(13-8-10-14(26-3)11-9-13)23(2)18(24)12-15-16(21)6-5-7-17(15)22/h5-11,19H,4,12H2,1-3H3. The molecule has 27 heavy (non-hydrogen) atoms. The van der Waals surface area contributed by atoms with Gasteiger partial charge in [-0.05, 0) is 42.3 Å². The van der Waals surface area contributed by atoms with Crippen molar-refractivity contribution in [3.05, 3.63) is 63.6 Å². The van der Waals surface area contributed by atoms with E-state index >= 15 is 0 Å². The number of likely N-dealkylation sites (N-methyl/N-ethyl adjacent to an activating group) is 1. The normalized spacial score (nSPS) is 11.6. The molecule has 0 radical (unpaired) electrons. The lowest BCUT2D eigenvalue weighted by molar-refractivity contribution is -0.154. The fourth-order valence-electron chi connectivity index (χ4n) is 2.65. The van der Waals surface area contributed by atoms with Crippen molar-refractivity contribution in [2.75, 3.05) is 20.8 Å². The Morgan fingerprint density at radius 2 is 1.67 bits per heavy atom. The molecule has 7 heteroatoms. The first-order chi connectivity index (χ1) is 12.9. The zero-order valence-corrected chi connectivity index (χ0v) is 16.9. The number of carbonyl (C=O) groups excluding carboxylic acids is 2. The van der Waals surface area contributed by atoms with E-state index in [9.17, 15) is 9.59 Å². The van der Waals surface area contributed by atoms with Crippen LogP contribution in [0.5, 0.6) is 5.75 Å². The quantitative estimate of drug-likeness (QED) is 0.639. The SMILES string of the molecule is CCOC(=O)C(c1ccc(OC)cc1)N(C)C(=O)Cc1c(Cl)cccc1Cl. The Morgan fingerprint density at radius 1 is 1.07 bits per heavy atom. The van der Waals surface area contributed by atoms with Gasteiger partial charge in [-0.25, -0.2) is 4.79 Å². The van der Waals surface area contributed by atoms with Gasteiger partial charge in [-0.2, -0.15) is 0 Å². The number of nitrogens with zero attached hydrogens (tertiary/aromatic N) is 1. The molecule has 0 aromatic heterocycles. The summed E-state index contributed by atoms with van der Waals surface area (Å²) in [6.07, 6.45) is -0.0267. The van der Waals surface area contributed by atoms with Crippen LogP contribution in [0.25, 0.3) is 0 Å². The summed E-state index contributed by atoms with van der Waals surface area (Å²) >= 11 is 12.3. The van der Waals surface area contributed by atoms with Gasteiger partial charge in [0.15, 0.2) is 6.04 Å². The highest BCUT2D eigenvalue weighted by Gasteiger charge is 2.30. The summed E-state index contributed by atoms with van der Waals surface area (Å²) in [6, 6.07) is 11.1. The highest BCUT2D eigenvalue weighted by molar-refractivity contribution is 6.36. The van der Waals surface area contributed by atoms with Crippen LogP contribution in [0.4, 0.5) is 0 Å². The number of benzene rings is 2. The van der Waals surface area contributed by atoms with E-state index in [0.29, 0.717) is 26.9 Å². The number of methoxy groups -OCH3 is 1. The van der Waals surface area contributed by atoms with E-state index in [-0.39, 0.29) is 18.9 Å². The molecule has 1 amide bonds. The van der Waals surface area contributed by atoms with Gasteiger partial charge in [0, 0.05) is 17.1 Å². The molecule has 0 aliphatic rings. The van der Waals surface area contributed by atoms with Gasteiger partial charge in [0.25, 0.3) is 0 Å². The van der Waals surface area contributed by atoms with Crippen molar-refractivity contribution < 1.29 is 19.1 Å². The molecule has 0 saturated heterocycles. The number of esters is 1. The van der Waals surface area contributed by atoms with Gasteiger partial charge in [-0.1, -0.05) is 41.4 Å². The van der Waals surface area contributed by atoms with E-state index in [2.05, 4.69) is 0 Å². The third-order valence-electron chi connectivity index (χ3n) is 4.11. The molecular weight excluding hydrogens is 389 g/mol. The molecule has 0 bridgehead atoms. The molecule has 1 unspecified atom stereocenters. The first kappa shape index (κ1) is 21.1. The fraction of sp³-hybridized carbons (Fsp3) is 0.300. The summed E-state index contributed by atoms with van der Waals surface area (Å²) in [5.74, 6) is -0.166. The van der Waals surface area contributed by atoms with E-state index in [1.54, 1.807) is 63.5 Å². The fourth-order valence-corrected chi connectivity index (χ4v) is 3.18. The Kier molecular flexibility index (Phi) is 7.51. The Morgan fingerprint density at radius 3 is 2.19 bits per heavy atom. The second-order valence-electron chi connectivity index (χ2n) is 5.81. The van der Waals surface area contributed by atoms with Crippen LogP contribution in [0.3, 0.4) is 0 Å². The van der Waals surface area contributed by atoms with Crippen molar-refractivity contribution in [1.82, 2.24) is 4.90 Å². The molecule has 2 aromatic carbocycles. The average molecular weight is 410 g/mol. The molecule has 0 aliphatic carbocycles. The summed E-state index contributed by atoms with van der Waals surface area (Å²) in [5.41, 5.74) is 1.14. The van der Waals surface area contributed by atoms with Crippen LogP contribution in [0.15, 0.2) is 42.5 Å². The average Bonchev–Trinajstić information content (AvgIpc) is 2.65. The molecule has 1 atom stereocenters. The third kappa shape index (κ3) is 5.15. The first-order valence-corrected chi connectivity index (χ1v) is 9.13. The monoisotopic (exact) mass is 409 g/mol. The number of carbonyl (C=O) groups is 2. The van der Waals surface area contributed by atoms with Crippen LogP contribution >= 0.6 is 23.2 Å². The molecule has 2 rings (SSSR count). The number of rotatable bonds is 7. The lowest BCUT2D eigenvalue weighted by Crippen LogP contribution is -2.37. The zero-order chi connectivity index (χ0) is 20.0. The zero-order valence-electron chi connectivity index (χ0n) is 15.4. The smallest absolute Gasteiger partial charge is 0.333 e. The Labute approximate surface area is 168 Å². The van der Waals surface area contributed by atoms with E-state index < -0.39 is 12.0 Å². The van der Waals surface area contributed by atoms with Crippen molar-refractivity contribution in [2.45, 2.75) is 19.4 Å². The van der Waals surface area contributed by atoms with Crippen molar-refractivity contribution in [3.8, 4) is 5.75 Å². The van der Waals surface area contributed by atoms with Crippen LogP contribution in [0.2, 0.25) is 10.0 Å². The van der Waals surface area contributed by atoms with E-state index in [1.165, 1.54) is 4.90 Å². The maximum absolute atomic E-state index is 12.8. The van der Waals surface area contributed by atoms with Gasteiger partial charge in [-0.3, -0.25) is 4.79 Å². The molecule has 0 saturated carbocycles. The molecule has 0 aliphatic heterocycles. The van der Waals surface area contributed by atoms with Gasteiger partial charge in [0.2, 0.25) is 5.91 Å². The first-order valence-electron chi connectivity index (χ1n) is 8.38. The van der Waals surface area contributed by atoms with Crippen LogP contribution in [-0.4, -0.2) is 37.5 Å². The minimum absolute atomic E-state index is 0.0267. The van der Waals surface area contributed by atoms with E-state index in [0.717, 1.165) is 0 Å². The van der Waals surface area contributed by atoms with Crippen molar-refractivity contribution >= 4 is 35.1 Å². The second-order valence-corrected chi connectivity index (χ2v) is 6.62. The van der Waals surface area contributed by atoms with Crippen LogP contribution in [-0.2, 0) is 20.7 Å². The lowest BCUT2D eigenvalue weighted by Gasteiger charge is -2.27. The number of halogens is 2. The predicted molar refractivity (Wildman–Crippen MR) is 105 cm³/mol. The molecule has 0 heterocycles. The summed E-state index contributed by atoms with van der Waals surface area (Å²) in [6.45, 7) is 1.93. The summed E-state index contributed by atoms with van der Waals surface area (Å²) in [7, 11) is 3.11. The molecule has 0 fully saturated rings. The van der Waals surface area contributed by atoms with Crippen molar-refractivity contribution in [2.24, 2.45) is 0 Å². The summed E-state index contributed by atoms with van der Waals surface area (Å²) < 4.78 is 10.3. The second kappa shape index (κ2) is 9.62. The molecule has 2 aromatic rings. The van der Waals surface area contributed by atoms with Crippen LogP contribution in [0.1, 0.15) is 24.1 Å². The Hall–Kier alpha value is -2.24. The van der Waals surface area contributed by atoms with Gasteiger partial charge < -0.3 is 14.4 Å². The highest BCUT2D eigenvalue weighted by Crippen LogP contribution is 2.28. The van der Waals surface area contributed by atoms with Crippen LogP contribution in [0, 0.1) is 0 Å². The maximum Gasteiger partial charge on any atom is 0.333 e. The summed E-state index contributed by atoms with van der Waals surface area (Å²) in [5, 5.41) is 0.808. The predicted octanol–water partition coefficient (Wildman–Crippen LogP) is 4.31. The molecule has 144 valence electrons. The number of ether oxygens (including phenoxy) is 2. The van der Waals surface area contributed by atoms with Gasteiger partial charge in [0.05, 0.1) is 20.1 Å². The van der Waals surface area contributed by atoms with Crippen LogP contribution < -0.4 is 4.74 Å². The molecule has 5 nitrogen and oxygen atoms in total. The number of amides is 1. The topological polar surface area (TPSA) is 55.8 Å². The minimum atomic E-state index is -0.885. The lowest BCUT2D eigenvalue weighted by atomic mass is 10.0. The molecule has 0 spiro atoms.